The van der Waals surface area contributed by atoms with Gasteiger partial charge in [-0.3, -0.25) is 0 Å². The largest absolute Gasteiger partial charge is 0.489 e. The second-order valence-corrected chi connectivity index (χ2v) is 6.29. The summed E-state index contributed by atoms with van der Waals surface area (Å²) in [6.07, 6.45) is 0. The molecule has 0 heterocycles. The van der Waals surface area contributed by atoms with Crippen LogP contribution in [0.3, 0.4) is 0 Å². The molecule has 4 heteroatoms. The van der Waals surface area contributed by atoms with Gasteiger partial charge in [0, 0.05) is 30.8 Å². The van der Waals surface area contributed by atoms with Crippen LogP contribution in [-0.2, 0) is 17.9 Å². The number of hydrogen-bond donors (Lipinski definition) is 1. The third kappa shape index (κ3) is 4.73. The summed E-state index contributed by atoms with van der Waals surface area (Å²) >= 11 is 6.06. The van der Waals surface area contributed by atoms with Crippen LogP contribution in [0, 0.1) is 0 Å². The smallest absolute Gasteiger partial charge is 0.124 e. The minimum Gasteiger partial charge on any atom is -0.489 e. The van der Waals surface area contributed by atoms with Crippen molar-refractivity contribution in [1.82, 2.24) is 5.32 Å². The Bertz CT molecular complexity index is 835. The molecule has 0 saturated heterocycles. The van der Waals surface area contributed by atoms with Gasteiger partial charge in [-0.25, -0.2) is 0 Å². The molecule has 0 aromatic heterocycles. The average molecular weight is 356 g/mol. The van der Waals surface area contributed by atoms with Crippen molar-refractivity contribution >= 4 is 22.4 Å². The van der Waals surface area contributed by atoms with Crippen LogP contribution in [-0.4, -0.2) is 20.3 Å². The third-order valence-corrected chi connectivity index (χ3v) is 4.30. The first-order valence-corrected chi connectivity index (χ1v) is 8.73. The fraction of sp³-hybridized carbons (Fsp3) is 0.238. The van der Waals surface area contributed by atoms with Crippen LogP contribution in [0.25, 0.3) is 10.8 Å². The Morgan fingerprint density at radius 2 is 1.88 bits per heavy atom. The van der Waals surface area contributed by atoms with Crippen molar-refractivity contribution in [3.63, 3.8) is 0 Å². The predicted molar refractivity (Wildman–Crippen MR) is 103 cm³/mol. The van der Waals surface area contributed by atoms with E-state index in [0.717, 1.165) is 35.0 Å². The van der Waals surface area contributed by atoms with Crippen LogP contribution in [0.4, 0.5) is 0 Å². The van der Waals surface area contributed by atoms with Crippen LogP contribution >= 0.6 is 11.6 Å². The van der Waals surface area contributed by atoms with Gasteiger partial charge in [-0.05, 0) is 34.5 Å². The summed E-state index contributed by atoms with van der Waals surface area (Å²) < 4.78 is 11.2. The van der Waals surface area contributed by atoms with E-state index in [1.54, 1.807) is 7.11 Å². The first-order chi connectivity index (χ1) is 12.3. The first kappa shape index (κ1) is 17.7. The topological polar surface area (TPSA) is 30.5 Å². The minimum absolute atomic E-state index is 0.490. The lowest BCUT2D eigenvalue weighted by atomic mass is 10.0. The number of hydrogen-bond acceptors (Lipinski definition) is 3. The van der Waals surface area contributed by atoms with Crippen LogP contribution in [0.1, 0.15) is 11.1 Å². The summed E-state index contributed by atoms with van der Waals surface area (Å²) in [4.78, 5) is 0. The Kier molecular flexibility index (Phi) is 6.29. The number of ether oxygens (including phenoxy) is 2. The van der Waals surface area contributed by atoms with Gasteiger partial charge in [-0.1, -0.05) is 54.1 Å². The zero-order chi connectivity index (χ0) is 17.5. The number of methoxy groups -OCH3 is 1. The van der Waals surface area contributed by atoms with E-state index in [1.807, 2.05) is 30.3 Å². The van der Waals surface area contributed by atoms with E-state index in [-0.39, 0.29) is 0 Å². The fourth-order valence-electron chi connectivity index (χ4n) is 2.81. The lowest BCUT2D eigenvalue weighted by Gasteiger charge is -2.15. The molecule has 130 valence electrons. The Morgan fingerprint density at radius 1 is 1.00 bits per heavy atom. The van der Waals surface area contributed by atoms with Crippen molar-refractivity contribution in [2.45, 2.75) is 13.2 Å². The lowest BCUT2D eigenvalue weighted by Crippen LogP contribution is -2.19. The Labute approximate surface area is 153 Å². The summed E-state index contributed by atoms with van der Waals surface area (Å²) in [5, 5.41) is 6.55. The van der Waals surface area contributed by atoms with E-state index >= 15 is 0 Å². The van der Waals surface area contributed by atoms with Gasteiger partial charge >= 0.3 is 0 Å². The van der Waals surface area contributed by atoms with E-state index in [2.05, 4.69) is 35.6 Å². The molecule has 0 radical (unpaired) electrons. The molecule has 3 rings (SSSR count). The molecule has 0 atom stereocenters. The molecule has 0 spiro atoms. The van der Waals surface area contributed by atoms with Crippen LogP contribution in [0.2, 0.25) is 5.02 Å². The summed E-state index contributed by atoms with van der Waals surface area (Å²) in [7, 11) is 1.71. The highest BCUT2D eigenvalue weighted by Crippen LogP contribution is 2.29. The molecule has 0 aliphatic heterocycles. The number of benzene rings is 3. The van der Waals surface area contributed by atoms with Crippen molar-refractivity contribution in [1.29, 1.82) is 0 Å². The normalized spacial score (nSPS) is 11.0. The maximum Gasteiger partial charge on any atom is 0.124 e. The maximum absolute atomic E-state index is 6.11. The molecule has 0 unspecified atom stereocenters. The van der Waals surface area contributed by atoms with Gasteiger partial charge in [0.25, 0.3) is 0 Å². The van der Waals surface area contributed by atoms with E-state index in [4.69, 9.17) is 21.1 Å². The third-order valence-electron chi connectivity index (χ3n) is 4.07. The summed E-state index contributed by atoms with van der Waals surface area (Å²) in [5.74, 6) is 0.892. The molecular weight excluding hydrogens is 334 g/mol. The molecule has 0 fully saturated rings. The zero-order valence-corrected chi connectivity index (χ0v) is 15.1. The van der Waals surface area contributed by atoms with E-state index in [0.29, 0.717) is 13.2 Å². The monoisotopic (exact) mass is 355 g/mol. The molecule has 0 aliphatic rings. The number of nitrogens with one attached hydrogen (secondary N) is 1. The maximum atomic E-state index is 6.11. The van der Waals surface area contributed by atoms with Crippen molar-refractivity contribution in [2.75, 3.05) is 20.3 Å². The molecule has 0 bridgehead atoms. The minimum atomic E-state index is 0.490. The SMILES string of the molecule is COCCNCc1c(OCc2cccc(Cl)c2)ccc2ccccc12. The highest BCUT2D eigenvalue weighted by molar-refractivity contribution is 6.30. The molecule has 0 saturated carbocycles. The van der Waals surface area contributed by atoms with Gasteiger partial charge in [-0.15, -0.1) is 0 Å². The number of fused-ring (bicyclic) bond motifs is 1. The molecule has 1 N–H and O–H groups in total. The van der Waals surface area contributed by atoms with Crippen LogP contribution in [0.15, 0.2) is 60.7 Å². The van der Waals surface area contributed by atoms with Crippen LogP contribution < -0.4 is 10.1 Å². The first-order valence-electron chi connectivity index (χ1n) is 8.35. The van der Waals surface area contributed by atoms with Gasteiger partial charge in [0.15, 0.2) is 0 Å². The van der Waals surface area contributed by atoms with Crippen LogP contribution in [0.5, 0.6) is 5.75 Å². The molecule has 3 aromatic rings. The fourth-order valence-corrected chi connectivity index (χ4v) is 3.02. The molecule has 3 aromatic carbocycles. The molecule has 3 nitrogen and oxygen atoms in total. The Hall–Kier alpha value is -2.07. The Morgan fingerprint density at radius 3 is 2.72 bits per heavy atom. The highest BCUT2D eigenvalue weighted by Gasteiger charge is 2.09. The van der Waals surface area contributed by atoms with E-state index in [1.165, 1.54) is 10.8 Å². The molecule has 0 aliphatic carbocycles. The average Bonchev–Trinajstić information content (AvgIpc) is 2.64. The lowest BCUT2D eigenvalue weighted by molar-refractivity contribution is 0.199. The summed E-state index contributed by atoms with van der Waals surface area (Å²) in [6, 6.07) is 20.3. The molecule has 0 amide bonds. The van der Waals surface area contributed by atoms with Gasteiger partial charge in [0.05, 0.1) is 6.61 Å². The van der Waals surface area contributed by atoms with Gasteiger partial charge in [-0.2, -0.15) is 0 Å². The Balaban J connectivity index is 1.82. The molecule has 25 heavy (non-hydrogen) atoms. The van der Waals surface area contributed by atoms with Gasteiger partial charge in [0.1, 0.15) is 12.4 Å². The van der Waals surface area contributed by atoms with E-state index < -0.39 is 0 Å². The quantitative estimate of drug-likeness (QED) is 0.588. The summed E-state index contributed by atoms with van der Waals surface area (Å²) in [6.45, 7) is 2.70. The van der Waals surface area contributed by atoms with Crippen molar-refractivity contribution in [2.24, 2.45) is 0 Å². The zero-order valence-electron chi connectivity index (χ0n) is 14.3. The standard InChI is InChI=1S/C21H22ClNO2/c1-24-12-11-23-14-20-19-8-3-2-6-17(19)9-10-21(20)25-15-16-5-4-7-18(22)13-16/h2-10,13,23H,11-12,14-15H2,1H3. The number of rotatable bonds is 8. The summed E-state index contributed by atoms with van der Waals surface area (Å²) in [5.41, 5.74) is 2.22. The predicted octanol–water partition coefficient (Wildman–Crippen LogP) is 4.81. The van der Waals surface area contributed by atoms with Crippen molar-refractivity contribution < 1.29 is 9.47 Å². The second kappa shape index (κ2) is 8.86. The number of halogens is 1. The van der Waals surface area contributed by atoms with E-state index in [9.17, 15) is 0 Å². The van der Waals surface area contributed by atoms with Gasteiger partial charge < -0.3 is 14.8 Å². The van der Waals surface area contributed by atoms with Crippen molar-refractivity contribution in [3.8, 4) is 5.75 Å². The van der Waals surface area contributed by atoms with Crippen molar-refractivity contribution in [3.05, 3.63) is 76.8 Å². The molecular formula is C21H22ClNO2. The second-order valence-electron chi connectivity index (χ2n) is 5.85. The van der Waals surface area contributed by atoms with Gasteiger partial charge in [0.2, 0.25) is 0 Å². The highest BCUT2D eigenvalue weighted by atomic mass is 35.5.